The van der Waals surface area contributed by atoms with Gasteiger partial charge < -0.3 is 5.32 Å². The molecule has 84 valence electrons. The summed E-state index contributed by atoms with van der Waals surface area (Å²) in [5.74, 6) is 0. The van der Waals surface area contributed by atoms with Gasteiger partial charge in [0.15, 0.2) is 0 Å². The molecule has 1 aliphatic rings. The first-order chi connectivity index (χ1) is 6.50. The van der Waals surface area contributed by atoms with Crippen molar-refractivity contribution in [1.82, 2.24) is 10.0 Å². The molecule has 0 aromatic carbocycles. The monoisotopic (exact) mass is 218 g/mol. The van der Waals surface area contributed by atoms with Gasteiger partial charge in [-0.2, -0.15) is 0 Å². The van der Waals surface area contributed by atoms with E-state index in [-0.39, 0.29) is 4.75 Å². The van der Waals surface area contributed by atoms with Crippen molar-refractivity contribution in [3.05, 3.63) is 0 Å². The fraction of sp³-hybridized carbons (Fsp3) is 1.00. The number of hydrogen-bond acceptors (Lipinski definition) is 2. The second-order valence-electron chi connectivity index (χ2n) is 4.88. The minimum Gasteiger partial charge on any atom is -0.317 e. The predicted molar refractivity (Wildman–Crippen MR) is 61.5 cm³/mol. The zero-order valence-corrected chi connectivity index (χ0v) is 10.2. The van der Waals surface area contributed by atoms with Crippen LogP contribution in [0.5, 0.6) is 0 Å². The highest BCUT2D eigenvalue weighted by Crippen LogP contribution is 2.12. The first-order valence-corrected chi connectivity index (χ1v) is 6.54. The van der Waals surface area contributed by atoms with E-state index < -0.39 is 11.0 Å². The molecule has 0 unspecified atom stereocenters. The molecule has 1 fully saturated rings. The largest absolute Gasteiger partial charge is 0.317 e. The molecule has 0 aromatic rings. The van der Waals surface area contributed by atoms with Crippen molar-refractivity contribution in [3.63, 3.8) is 0 Å². The molecule has 4 heteroatoms. The van der Waals surface area contributed by atoms with Crippen LogP contribution in [0.3, 0.4) is 0 Å². The maximum absolute atomic E-state index is 11.8. The fourth-order valence-electron chi connectivity index (χ4n) is 1.47. The lowest BCUT2D eigenvalue weighted by Crippen LogP contribution is -2.40. The molecule has 3 nitrogen and oxygen atoms in total. The summed E-state index contributed by atoms with van der Waals surface area (Å²) in [7, 11) is -0.920. The van der Waals surface area contributed by atoms with Crippen LogP contribution < -0.4 is 10.0 Å². The third-order valence-corrected chi connectivity index (χ3v) is 4.07. The van der Waals surface area contributed by atoms with Gasteiger partial charge in [-0.1, -0.05) is 0 Å². The van der Waals surface area contributed by atoms with E-state index in [0.29, 0.717) is 6.04 Å². The summed E-state index contributed by atoms with van der Waals surface area (Å²) >= 11 is 0. The van der Waals surface area contributed by atoms with Crippen LogP contribution in [0.15, 0.2) is 0 Å². The molecule has 2 atom stereocenters. The molecule has 0 radical (unpaired) electrons. The van der Waals surface area contributed by atoms with Crippen LogP contribution in [-0.4, -0.2) is 28.1 Å². The molecule has 0 aromatic heterocycles. The van der Waals surface area contributed by atoms with Crippen molar-refractivity contribution in [2.24, 2.45) is 0 Å². The second kappa shape index (κ2) is 5.24. The molecule has 0 bridgehead atoms. The normalized spacial score (nSPS) is 26.9. The molecular weight excluding hydrogens is 196 g/mol. The second-order valence-corrected chi connectivity index (χ2v) is 6.87. The van der Waals surface area contributed by atoms with Crippen LogP contribution in [-0.2, 0) is 11.0 Å². The van der Waals surface area contributed by atoms with E-state index in [4.69, 9.17) is 0 Å². The van der Waals surface area contributed by atoms with E-state index >= 15 is 0 Å². The fourth-order valence-corrected chi connectivity index (χ4v) is 2.36. The lowest BCUT2D eigenvalue weighted by atomic mass is 10.1. The molecule has 0 spiro atoms. The minimum absolute atomic E-state index is 0.153. The Labute approximate surface area is 89.6 Å². The quantitative estimate of drug-likeness (QED) is 0.731. The Morgan fingerprint density at radius 1 is 1.29 bits per heavy atom. The summed E-state index contributed by atoms with van der Waals surface area (Å²) in [5.41, 5.74) is 0. The number of nitrogens with one attached hydrogen (secondary N) is 2. The first-order valence-electron chi connectivity index (χ1n) is 5.39. The average molecular weight is 218 g/mol. The van der Waals surface area contributed by atoms with Crippen LogP contribution in [0.4, 0.5) is 0 Å². The molecule has 1 saturated heterocycles. The van der Waals surface area contributed by atoms with Gasteiger partial charge in [0.2, 0.25) is 0 Å². The molecular formula is C10H22N2OS. The van der Waals surface area contributed by atoms with Gasteiger partial charge in [0.05, 0.1) is 15.7 Å². The molecule has 1 heterocycles. The summed E-state index contributed by atoms with van der Waals surface area (Å²) in [4.78, 5) is 0. The van der Waals surface area contributed by atoms with E-state index in [1.165, 1.54) is 6.42 Å². The van der Waals surface area contributed by atoms with E-state index in [0.717, 1.165) is 25.9 Å². The Balaban J connectivity index is 2.38. The summed E-state index contributed by atoms with van der Waals surface area (Å²) in [6, 6.07) is 0.421. The van der Waals surface area contributed by atoms with Gasteiger partial charge in [0, 0.05) is 6.04 Å². The number of hydrogen-bond donors (Lipinski definition) is 2. The topological polar surface area (TPSA) is 41.1 Å². The molecule has 1 rings (SSSR count). The van der Waals surface area contributed by atoms with Crippen LogP contribution in [0.2, 0.25) is 0 Å². The Hall–Kier alpha value is 0.0700. The van der Waals surface area contributed by atoms with E-state index in [9.17, 15) is 4.21 Å². The standard InChI is InChI=1S/C10H22N2OS/c1-10(2,3)14(13)12-9-5-4-7-11-8-6-9/h9,11-12H,4-8H2,1-3H3/t9-,14+/m1/s1. The minimum atomic E-state index is -0.920. The third kappa shape index (κ3) is 4.07. The van der Waals surface area contributed by atoms with Crippen molar-refractivity contribution >= 4 is 11.0 Å². The lowest BCUT2D eigenvalue weighted by molar-refractivity contribution is 0.539. The Kier molecular flexibility index (Phi) is 4.54. The Morgan fingerprint density at radius 3 is 2.64 bits per heavy atom. The summed E-state index contributed by atoms with van der Waals surface area (Å²) in [5, 5.41) is 3.35. The molecule has 0 amide bonds. The third-order valence-electron chi connectivity index (χ3n) is 2.41. The van der Waals surface area contributed by atoms with Crippen LogP contribution in [0.1, 0.15) is 40.0 Å². The Bertz CT molecular complexity index is 193. The van der Waals surface area contributed by atoms with E-state index in [1.54, 1.807) is 0 Å². The van der Waals surface area contributed by atoms with Crippen molar-refractivity contribution in [3.8, 4) is 0 Å². The van der Waals surface area contributed by atoms with E-state index in [1.807, 2.05) is 20.8 Å². The van der Waals surface area contributed by atoms with Gasteiger partial charge in [-0.25, -0.2) is 8.93 Å². The van der Waals surface area contributed by atoms with Crippen LogP contribution in [0, 0.1) is 0 Å². The van der Waals surface area contributed by atoms with Crippen molar-refractivity contribution in [2.45, 2.75) is 50.8 Å². The summed E-state index contributed by atoms with van der Waals surface area (Å²) in [6.45, 7) is 8.15. The lowest BCUT2D eigenvalue weighted by Gasteiger charge is -2.23. The number of rotatable bonds is 2. The predicted octanol–water partition coefficient (Wildman–Crippen LogP) is 1.18. The molecule has 14 heavy (non-hydrogen) atoms. The van der Waals surface area contributed by atoms with Crippen molar-refractivity contribution in [2.75, 3.05) is 13.1 Å². The zero-order valence-electron chi connectivity index (χ0n) is 9.43. The van der Waals surface area contributed by atoms with Crippen LogP contribution in [0.25, 0.3) is 0 Å². The van der Waals surface area contributed by atoms with Gasteiger partial charge in [0.1, 0.15) is 0 Å². The first kappa shape index (κ1) is 12.1. The van der Waals surface area contributed by atoms with Gasteiger partial charge in [-0.05, 0) is 53.1 Å². The maximum Gasteiger partial charge on any atom is 0.0972 e. The SMILES string of the molecule is CC(C)(C)[S@](=O)N[C@@H]1CCCNCC1. The van der Waals surface area contributed by atoms with Crippen molar-refractivity contribution < 1.29 is 4.21 Å². The van der Waals surface area contributed by atoms with Gasteiger partial charge in [0.25, 0.3) is 0 Å². The highest BCUT2D eigenvalue weighted by Gasteiger charge is 2.22. The average Bonchev–Trinajstić information content (AvgIpc) is 2.31. The summed E-state index contributed by atoms with van der Waals surface area (Å²) < 4.78 is 14.9. The molecule has 1 aliphatic heterocycles. The van der Waals surface area contributed by atoms with Crippen molar-refractivity contribution in [1.29, 1.82) is 0 Å². The maximum atomic E-state index is 11.8. The van der Waals surface area contributed by atoms with Gasteiger partial charge in [-0.15, -0.1) is 0 Å². The van der Waals surface area contributed by atoms with Gasteiger partial charge in [-0.3, -0.25) is 0 Å². The molecule has 0 aliphatic carbocycles. The van der Waals surface area contributed by atoms with E-state index in [2.05, 4.69) is 10.0 Å². The zero-order chi connectivity index (χ0) is 10.6. The summed E-state index contributed by atoms with van der Waals surface area (Å²) in [6.07, 6.45) is 3.40. The highest BCUT2D eigenvalue weighted by molar-refractivity contribution is 7.84. The molecule has 2 N–H and O–H groups in total. The molecule has 0 saturated carbocycles. The highest BCUT2D eigenvalue weighted by atomic mass is 32.2. The van der Waals surface area contributed by atoms with Gasteiger partial charge >= 0.3 is 0 Å². The Morgan fingerprint density at radius 2 is 2.00 bits per heavy atom. The smallest absolute Gasteiger partial charge is 0.0972 e. The van der Waals surface area contributed by atoms with Crippen LogP contribution >= 0.6 is 0 Å².